The molecular formula is C12H22O. The highest BCUT2D eigenvalue weighted by Gasteiger charge is 2.21. The molecule has 0 heterocycles. The Morgan fingerprint density at radius 1 is 1.31 bits per heavy atom. The molecule has 1 heteroatoms. The Labute approximate surface area is 81.9 Å². The van der Waals surface area contributed by atoms with Crippen LogP contribution in [0.15, 0.2) is 11.6 Å². The number of hydrogen-bond acceptors (Lipinski definition) is 1. The second-order valence-electron chi connectivity index (χ2n) is 4.47. The van der Waals surface area contributed by atoms with Crippen LogP contribution in [-0.4, -0.2) is 11.2 Å². The van der Waals surface area contributed by atoms with Gasteiger partial charge in [-0.25, -0.2) is 0 Å². The Balaban J connectivity index is 2.23. The van der Waals surface area contributed by atoms with E-state index < -0.39 is 0 Å². The van der Waals surface area contributed by atoms with E-state index in [9.17, 15) is 5.11 Å². The molecule has 76 valence electrons. The van der Waals surface area contributed by atoms with Crippen LogP contribution in [0.3, 0.4) is 0 Å². The van der Waals surface area contributed by atoms with Crippen LogP contribution in [0.1, 0.15) is 52.4 Å². The molecule has 1 aliphatic carbocycles. The molecule has 1 nitrogen and oxygen atoms in total. The largest absolute Gasteiger partial charge is 0.393 e. The maximum absolute atomic E-state index is 9.71. The van der Waals surface area contributed by atoms with Gasteiger partial charge in [-0.2, -0.15) is 0 Å². The molecule has 1 rings (SSSR count). The third kappa shape index (κ3) is 3.95. The van der Waals surface area contributed by atoms with Crippen molar-refractivity contribution in [2.45, 2.75) is 58.5 Å². The summed E-state index contributed by atoms with van der Waals surface area (Å²) in [7, 11) is 0. The number of allylic oxidation sites excluding steroid dienone is 2. The normalized spacial score (nSPS) is 28.5. The Kier molecular flexibility index (Phi) is 4.51. The first-order valence-electron chi connectivity index (χ1n) is 5.51. The summed E-state index contributed by atoms with van der Waals surface area (Å²) in [5.74, 6) is 0.573. The maximum Gasteiger partial charge on any atom is 0.0568 e. The molecule has 0 spiro atoms. The molecule has 0 saturated heterocycles. The Morgan fingerprint density at radius 3 is 2.62 bits per heavy atom. The number of aliphatic hydroxyl groups excluding tert-OH is 1. The van der Waals surface area contributed by atoms with E-state index >= 15 is 0 Å². The van der Waals surface area contributed by atoms with Gasteiger partial charge in [-0.15, -0.1) is 0 Å². The minimum atomic E-state index is -0.0145. The predicted octanol–water partition coefficient (Wildman–Crippen LogP) is 3.28. The van der Waals surface area contributed by atoms with Crippen LogP contribution in [0.4, 0.5) is 0 Å². The van der Waals surface area contributed by atoms with Gasteiger partial charge >= 0.3 is 0 Å². The minimum absolute atomic E-state index is 0.0145. The maximum atomic E-state index is 9.71. The second kappa shape index (κ2) is 5.43. The van der Waals surface area contributed by atoms with Gasteiger partial charge < -0.3 is 5.11 Å². The monoisotopic (exact) mass is 182 g/mol. The number of hydrogen-bond donors (Lipinski definition) is 1. The number of aliphatic hydroxyl groups is 1. The van der Waals surface area contributed by atoms with Crippen LogP contribution in [0, 0.1) is 5.92 Å². The van der Waals surface area contributed by atoms with Crippen molar-refractivity contribution in [1.29, 1.82) is 0 Å². The highest BCUT2D eigenvalue weighted by Crippen LogP contribution is 2.28. The first-order valence-corrected chi connectivity index (χ1v) is 5.51. The topological polar surface area (TPSA) is 20.2 Å². The molecule has 2 atom stereocenters. The Bertz CT molecular complexity index is 168. The molecule has 1 N–H and O–H groups in total. The molecule has 0 aliphatic heterocycles. The fourth-order valence-corrected chi connectivity index (χ4v) is 2.11. The van der Waals surface area contributed by atoms with Gasteiger partial charge in [0.25, 0.3) is 0 Å². The number of rotatable bonds is 3. The Hall–Kier alpha value is -0.300. The molecule has 0 amide bonds. The van der Waals surface area contributed by atoms with E-state index in [2.05, 4.69) is 19.9 Å². The summed E-state index contributed by atoms with van der Waals surface area (Å²) >= 11 is 0. The van der Waals surface area contributed by atoms with Crippen molar-refractivity contribution in [2.24, 2.45) is 5.92 Å². The van der Waals surface area contributed by atoms with Crippen LogP contribution in [0.5, 0.6) is 0 Å². The van der Waals surface area contributed by atoms with Gasteiger partial charge in [0.15, 0.2) is 0 Å². The van der Waals surface area contributed by atoms with Crippen LogP contribution in [-0.2, 0) is 0 Å². The van der Waals surface area contributed by atoms with Crippen molar-refractivity contribution < 1.29 is 5.11 Å². The van der Waals surface area contributed by atoms with Crippen molar-refractivity contribution in [3.8, 4) is 0 Å². The predicted molar refractivity (Wildman–Crippen MR) is 56.6 cm³/mol. The molecule has 0 aromatic rings. The first-order chi connectivity index (χ1) is 6.20. The van der Waals surface area contributed by atoms with Crippen molar-refractivity contribution in [3.05, 3.63) is 11.6 Å². The Morgan fingerprint density at radius 2 is 2.00 bits per heavy atom. The van der Waals surface area contributed by atoms with Gasteiger partial charge in [-0.05, 0) is 45.4 Å². The zero-order valence-electron chi connectivity index (χ0n) is 8.92. The fraction of sp³-hybridized carbons (Fsp3) is 0.833. The van der Waals surface area contributed by atoms with Crippen LogP contribution >= 0.6 is 0 Å². The van der Waals surface area contributed by atoms with Gasteiger partial charge in [-0.3, -0.25) is 0 Å². The summed E-state index contributed by atoms with van der Waals surface area (Å²) in [4.78, 5) is 0. The average molecular weight is 182 g/mol. The quantitative estimate of drug-likeness (QED) is 0.664. The van der Waals surface area contributed by atoms with E-state index in [-0.39, 0.29) is 6.10 Å². The van der Waals surface area contributed by atoms with Gasteiger partial charge in [0.05, 0.1) is 6.10 Å². The summed E-state index contributed by atoms with van der Waals surface area (Å²) in [6.45, 7) is 4.27. The van der Waals surface area contributed by atoms with E-state index in [1.165, 1.54) is 31.3 Å². The molecule has 0 aromatic heterocycles. The molecular weight excluding hydrogens is 160 g/mol. The van der Waals surface area contributed by atoms with Gasteiger partial charge in [0.1, 0.15) is 0 Å². The lowest BCUT2D eigenvalue weighted by atomic mass is 9.83. The zero-order chi connectivity index (χ0) is 9.68. The van der Waals surface area contributed by atoms with E-state index in [1.807, 2.05) is 0 Å². The third-order valence-corrected chi connectivity index (χ3v) is 2.96. The van der Waals surface area contributed by atoms with E-state index in [4.69, 9.17) is 0 Å². The highest BCUT2D eigenvalue weighted by atomic mass is 16.3. The van der Waals surface area contributed by atoms with Crippen LogP contribution in [0.2, 0.25) is 0 Å². The van der Waals surface area contributed by atoms with E-state index in [0.717, 1.165) is 12.8 Å². The summed E-state index contributed by atoms with van der Waals surface area (Å²) in [6.07, 6.45) is 9.38. The van der Waals surface area contributed by atoms with Crippen molar-refractivity contribution in [2.75, 3.05) is 0 Å². The lowest BCUT2D eigenvalue weighted by molar-refractivity contribution is 0.0659. The van der Waals surface area contributed by atoms with Gasteiger partial charge in [0, 0.05) is 0 Å². The van der Waals surface area contributed by atoms with Crippen molar-refractivity contribution in [3.63, 3.8) is 0 Å². The summed E-state index contributed by atoms with van der Waals surface area (Å²) < 4.78 is 0. The summed E-state index contributed by atoms with van der Waals surface area (Å²) in [5, 5.41) is 9.71. The molecule has 0 radical (unpaired) electrons. The molecule has 1 fully saturated rings. The van der Waals surface area contributed by atoms with Crippen molar-refractivity contribution >= 4 is 0 Å². The zero-order valence-corrected chi connectivity index (χ0v) is 8.92. The lowest BCUT2D eigenvalue weighted by Crippen LogP contribution is -2.24. The molecule has 0 aromatic carbocycles. The first kappa shape index (κ1) is 10.8. The van der Waals surface area contributed by atoms with Crippen LogP contribution in [0.25, 0.3) is 0 Å². The van der Waals surface area contributed by atoms with Crippen molar-refractivity contribution in [1.82, 2.24) is 0 Å². The third-order valence-electron chi connectivity index (χ3n) is 2.96. The standard InChI is InChI=1S/C12H22O/c1-10(2)6-5-8-11-7-3-4-9-12(11)13/h6,11-13H,3-5,7-9H2,1-2H3/t11-,12+/m0/s1. The van der Waals surface area contributed by atoms with E-state index in [1.54, 1.807) is 0 Å². The molecule has 1 aliphatic rings. The van der Waals surface area contributed by atoms with E-state index in [0.29, 0.717) is 5.92 Å². The molecule has 13 heavy (non-hydrogen) atoms. The SMILES string of the molecule is CC(C)=CCC[C@@H]1CCCC[C@H]1O. The van der Waals surface area contributed by atoms with Gasteiger partial charge in [-0.1, -0.05) is 24.5 Å². The second-order valence-corrected chi connectivity index (χ2v) is 4.47. The smallest absolute Gasteiger partial charge is 0.0568 e. The summed E-state index contributed by atoms with van der Waals surface area (Å²) in [6, 6.07) is 0. The minimum Gasteiger partial charge on any atom is -0.393 e. The average Bonchev–Trinajstić information content (AvgIpc) is 2.08. The molecule has 1 saturated carbocycles. The lowest BCUT2D eigenvalue weighted by Gasteiger charge is -2.27. The summed E-state index contributed by atoms with van der Waals surface area (Å²) in [5.41, 5.74) is 1.39. The fourth-order valence-electron chi connectivity index (χ4n) is 2.11. The molecule has 0 bridgehead atoms. The molecule has 0 unspecified atom stereocenters. The highest BCUT2D eigenvalue weighted by molar-refractivity contribution is 4.93. The van der Waals surface area contributed by atoms with Crippen LogP contribution < -0.4 is 0 Å². The van der Waals surface area contributed by atoms with Gasteiger partial charge in [0.2, 0.25) is 0 Å².